The summed E-state index contributed by atoms with van der Waals surface area (Å²) in [5.41, 5.74) is 4.82. The van der Waals surface area contributed by atoms with Crippen LogP contribution in [-0.2, 0) is 43.7 Å². The van der Waals surface area contributed by atoms with E-state index in [0.29, 0.717) is 38.3 Å². The van der Waals surface area contributed by atoms with Crippen molar-refractivity contribution in [3.8, 4) is 0 Å². The van der Waals surface area contributed by atoms with Gasteiger partial charge in [0.25, 0.3) is 5.91 Å². The van der Waals surface area contributed by atoms with Gasteiger partial charge in [-0.1, -0.05) is 48.5 Å². The number of fused-ring (bicyclic) bond motifs is 1. The summed E-state index contributed by atoms with van der Waals surface area (Å²) in [6.45, 7) is 1.79. The van der Waals surface area contributed by atoms with Crippen LogP contribution < -0.4 is 5.32 Å². The number of hydrogen-bond donors (Lipinski definition) is 1. The SMILES string of the molecule is O=C(NCc1ccccn1)c1nn(CCc2ccccc2)c2c1CN(C(=O)Cc1ccc(F)cc1)CC2. The van der Waals surface area contributed by atoms with Gasteiger partial charge in [0.05, 0.1) is 18.7 Å². The molecule has 0 bridgehead atoms. The number of nitrogens with one attached hydrogen (secondary N) is 1. The minimum absolute atomic E-state index is 0.0610. The standard InChI is InChI=1S/C29H28FN5O2/c30-23-11-9-22(10-12-23)18-27(36)34-16-14-26-25(20-34)28(29(37)32-19-24-8-4-5-15-31-24)33-35(26)17-13-21-6-2-1-3-7-21/h1-12,15H,13-14,16-20H2,(H,32,37). The molecular formula is C29H28FN5O2. The molecule has 188 valence electrons. The third kappa shape index (κ3) is 5.91. The van der Waals surface area contributed by atoms with Crippen LogP contribution in [0.3, 0.4) is 0 Å². The molecule has 7 nitrogen and oxygen atoms in total. The Bertz CT molecular complexity index is 1370. The smallest absolute Gasteiger partial charge is 0.272 e. The maximum Gasteiger partial charge on any atom is 0.272 e. The molecule has 2 amide bonds. The molecule has 0 unspecified atom stereocenters. The van der Waals surface area contributed by atoms with Gasteiger partial charge in [-0.25, -0.2) is 4.39 Å². The molecule has 2 aromatic heterocycles. The van der Waals surface area contributed by atoms with E-state index >= 15 is 0 Å². The van der Waals surface area contributed by atoms with Gasteiger partial charge >= 0.3 is 0 Å². The topological polar surface area (TPSA) is 80.1 Å². The Kier molecular flexibility index (Phi) is 7.35. The Morgan fingerprint density at radius 3 is 2.49 bits per heavy atom. The fourth-order valence-corrected chi connectivity index (χ4v) is 4.60. The zero-order chi connectivity index (χ0) is 25.6. The van der Waals surface area contributed by atoms with E-state index in [1.807, 2.05) is 41.1 Å². The first-order valence-electron chi connectivity index (χ1n) is 12.4. The Labute approximate surface area is 215 Å². The lowest BCUT2D eigenvalue weighted by atomic mass is 10.0. The lowest BCUT2D eigenvalue weighted by Gasteiger charge is -2.28. The Morgan fingerprint density at radius 1 is 0.946 bits per heavy atom. The fourth-order valence-electron chi connectivity index (χ4n) is 4.60. The number of rotatable bonds is 8. The van der Waals surface area contributed by atoms with E-state index < -0.39 is 0 Å². The minimum Gasteiger partial charge on any atom is -0.345 e. The molecule has 1 aliphatic rings. The van der Waals surface area contributed by atoms with Gasteiger partial charge < -0.3 is 10.2 Å². The van der Waals surface area contributed by atoms with Gasteiger partial charge in [-0.3, -0.25) is 19.3 Å². The Morgan fingerprint density at radius 2 is 1.73 bits per heavy atom. The number of pyridine rings is 1. The van der Waals surface area contributed by atoms with Gasteiger partial charge in [0.2, 0.25) is 5.91 Å². The molecule has 0 atom stereocenters. The van der Waals surface area contributed by atoms with Crippen LogP contribution in [0, 0.1) is 5.82 Å². The molecule has 37 heavy (non-hydrogen) atoms. The normalized spacial score (nSPS) is 12.7. The lowest BCUT2D eigenvalue weighted by Crippen LogP contribution is -2.38. The van der Waals surface area contributed by atoms with Crippen LogP contribution >= 0.6 is 0 Å². The van der Waals surface area contributed by atoms with E-state index in [0.717, 1.165) is 28.9 Å². The first-order chi connectivity index (χ1) is 18.1. The van der Waals surface area contributed by atoms with Crippen LogP contribution in [0.15, 0.2) is 79.0 Å². The van der Waals surface area contributed by atoms with Crippen molar-refractivity contribution in [1.82, 2.24) is 25.0 Å². The summed E-state index contributed by atoms with van der Waals surface area (Å²) in [5, 5.41) is 7.64. The average Bonchev–Trinajstić information content (AvgIpc) is 3.31. The maximum atomic E-state index is 13.3. The number of halogens is 1. The zero-order valence-electron chi connectivity index (χ0n) is 20.4. The van der Waals surface area contributed by atoms with Crippen LogP contribution in [0.2, 0.25) is 0 Å². The van der Waals surface area contributed by atoms with Crippen molar-refractivity contribution in [2.24, 2.45) is 0 Å². The van der Waals surface area contributed by atoms with E-state index in [2.05, 4.69) is 22.4 Å². The molecule has 5 rings (SSSR count). The number of aryl methyl sites for hydroxylation is 2. The zero-order valence-corrected chi connectivity index (χ0v) is 20.4. The van der Waals surface area contributed by atoms with Crippen molar-refractivity contribution in [1.29, 1.82) is 0 Å². The second-order valence-corrected chi connectivity index (χ2v) is 9.10. The summed E-state index contributed by atoms with van der Waals surface area (Å²) in [6, 6.07) is 21.7. The molecule has 0 saturated heterocycles. The summed E-state index contributed by atoms with van der Waals surface area (Å²) in [5.74, 6) is -0.676. The predicted octanol–water partition coefficient (Wildman–Crippen LogP) is 3.72. The van der Waals surface area contributed by atoms with Crippen LogP contribution in [0.4, 0.5) is 4.39 Å². The number of amides is 2. The highest BCUT2D eigenvalue weighted by atomic mass is 19.1. The summed E-state index contributed by atoms with van der Waals surface area (Å²) in [4.78, 5) is 32.3. The largest absolute Gasteiger partial charge is 0.345 e. The molecule has 1 N–H and O–H groups in total. The second-order valence-electron chi connectivity index (χ2n) is 9.10. The summed E-state index contributed by atoms with van der Waals surface area (Å²) in [7, 11) is 0. The maximum absolute atomic E-state index is 13.3. The van der Waals surface area contributed by atoms with Crippen LogP contribution in [-0.4, -0.2) is 38.0 Å². The monoisotopic (exact) mass is 497 g/mol. The first-order valence-corrected chi connectivity index (χ1v) is 12.4. The van der Waals surface area contributed by atoms with Crippen LogP contribution in [0.1, 0.15) is 38.6 Å². The fraction of sp³-hybridized carbons (Fsp3) is 0.241. The number of hydrogen-bond acceptors (Lipinski definition) is 4. The van der Waals surface area contributed by atoms with E-state index in [9.17, 15) is 14.0 Å². The quantitative estimate of drug-likeness (QED) is 0.403. The number of aromatic nitrogens is 3. The van der Waals surface area contributed by atoms with E-state index in [-0.39, 0.29) is 24.1 Å². The van der Waals surface area contributed by atoms with Gasteiger partial charge in [-0.05, 0) is 41.8 Å². The molecule has 1 aliphatic heterocycles. The number of nitrogens with zero attached hydrogens (tertiary/aromatic N) is 4. The average molecular weight is 498 g/mol. The number of carbonyl (C=O) groups is 2. The summed E-state index contributed by atoms with van der Waals surface area (Å²) >= 11 is 0. The third-order valence-corrected chi connectivity index (χ3v) is 6.58. The summed E-state index contributed by atoms with van der Waals surface area (Å²) < 4.78 is 15.2. The van der Waals surface area contributed by atoms with Crippen molar-refractivity contribution < 1.29 is 14.0 Å². The van der Waals surface area contributed by atoms with Gasteiger partial charge in [0, 0.05) is 43.5 Å². The van der Waals surface area contributed by atoms with Gasteiger partial charge in [0.15, 0.2) is 5.69 Å². The highest BCUT2D eigenvalue weighted by Crippen LogP contribution is 2.24. The lowest BCUT2D eigenvalue weighted by molar-refractivity contribution is -0.131. The molecular weight excluding hydrogens is 469 g/mol. The number of carbonyl (C=O) groups excluding carboxylic acids is 2. The molecule has 4 aromatic rings. The summed E-state index contributed by atoms with van der Waals surface area (Å²) in [6.07, 6.45) is 3.27. The van der Waals surface area contributed by atoms with Gasteiger partial charge in [-0.2, -0.15) is 5.10 Å². The molecule has 0 spiro atoms. The van der Waals surface area contributed by atoms with Crippen LogP contribution in [0.25, 0.3) is 0 Å². The minimum atomic E-state index is -0.330. The second kappa shape index (κ2) is 11.2. The van der Waals surface area contributed by atoms with Gasteiger partial charge in [-0.15, -0.1) is 0 Å². The molecule has 8 heteroatoms. The highest BCUT2D eigenvalue weighted by Gasteiger charge is 2.30. The van der Waals surface area contributed by atoms with E-state index in [1.54, 1.807) is 23.2 Å². The Balaban J connectivity index is 1.35. The molecule has 0 aliphatic carbocycles. The highest BCUT2D eigenvalue weighted by molar-refractivity contribution is 5.94. The van der Waals surface area contributed by atoms with E-state index in [1.165, 1.54) is 17.7 Å². The van der Waals surface area contributed by atoms with Crippen molar-refractivity contribution >= 4 is 11.8 Å². The molecule has 3 heterocycles. The van der Waals surface area contributed by atoms with E-state index in [4.69, 9.17) is 5.10 Å². The molecule has 0 saturated carbocycles. The van der Waals surface area contributed by atoms with Crippen molar-refractivity contribution in [3.05, 3.63) is 119 Å². The van der Waals surface area contributed by atoms with Crippen molar-refractivity contribution in [2.75, 3.05) is 6.54 Å². The van der Waals surface area contributed by atoms with Crippen LogP contribution in [0.5, 0.6) is 0 Å². The van der Waals surface area contributed by atoms with Crippen molar-refractivity contribution in [2.45, 2.75) is 38.9 Å². The first kappa shape index (κ1) is 24.4. The Hall–Kier alpha value is -4.33. The molecule has 2 aromatic carbocycles. The number of benzene rings is 2. The third-order valence-electron chi connectivity index (χ3n) is 6.58. The molecule has 0 radical (unpaired) electrons. The predicted molar refractivity (Wildman–Crippen MR) is 137 cm³/mol. The van der Waals surface area contributed by atoms with Crippen molar-refractivity contribution in [3.63, 3.8) is 0 Å². The molecule has 0 fully saturated rings. The van der Waals surface area contributed by atoms with Gasteiger partial charge in [0.1, 0.15) is 5.82 Å².